The average Bonchev–Trinajstić information content (AvgIpc) is 2.75. The van der Waals surface area contributed by atoms with E-state index in [4.69, 9.17) is 0 Å². The third-order valence-corrected chi connectivity index (χ3v) is 3.83. The zero-order valence-corrected chi connectivity index (χ0v) is 14.4. The molecule has 4 rings (SSSR count). The van der Waals surface area contributed by atoms with Gasteiger partial charge in [-0.2, -0.15) is 10.2 Å². The van der Waals surface area contributed by atoms with Crippen molar-refractivity contribution in [3.05, 3.63) is 82.7 Å². The van der Waals surface area contributed by atoms with Crippen LogP contribution in [-0.4, -0.2) is 37.3 Å². The Labute approximate surface area is 158 Å². The van der Waals surface area contributed by atoms with Crippen LogP contribution < -0.4 is 11.0 Å². The Kier molecular flexibility index (Phi) is 4.62. The fourth-order valence-electron chi connectivity index (χ4n) is 2.51. The minimum absolute atomic E-state index is 0.0348. The van der Waals surface area contributed by atoms with Gasteiger partial charge in [0.05, 0.1) is 17.3 Å². The molecule has 0 saturated carbocycles. The summed E-state index contributed by atoms with van der Waals surface area (Å²) in [4.78, 5) is 37.2. The normalized spacial score (nSPS) is 11.0. The SMILES string of the molecule is O=C(N/N=C/c1ccccn1)c1n[nH]c(=O)c2nc(-c3ccccc3)ncc12. The van der Waals surface area contributed by atoms with E-state index in [0.717, 1.165) is 5.56 Å². The summed E-state index contributed by atoms with van der Waals surface area (Å²) in [6.07, 6.45) is 4.42. The highest BCUT2D eigenvalue weighted by atomic mass is 16.2. The highest BCUT2D eigenvalue weighted by molar-refractivity contribution is 6.04. The zero-order valence-electron chi connectivity index (χ0n) is 14.4. The Morgan fingerprint density at radius 3 is 2.68 bits per heavy atom. The number of carbonyl (C=O) groups is 1. The van der Waals surface area contributed by atoms with E-state index in [9.17, 15) is 9.59 Å². The molecule has 0 atom stereocenters. The molecule has 2 N–H and O–H groups in total. The summed E-state index contributed by atoms with van der Waals surface area (Å²) in [5.41, 5.74) is 3.22. The highest BCUT2D eigenvalue weighted by Gasteiger charge is 2.16. The number of hydrazone groups is 1. The van der Waals surface area contributed by atoms with Crippen LogP contribution in [0.3, 0.4) is 0 Å². The van der Waals surface area contributed by atoms with Gasteiger partial charge in [-0.1, -0.05) is 36.4 Å². The molecule has 9 heteroatoms. The first-order valence-electron chi connectivity index (χ1n) is 8.27. The van der Waals surface area contributed by atoms with Gasteiger partial charge in [-0.05, 0) is 12.1 Å². The van der Waals surface area contributed by atoms with Gasteiger partial charge in [-0.25, -0.2) is 20.5 Å². The number of nitrogens with zero attached hydrogens (tertiary/aromatic N) is 5. The van der Waals surface area contributed by atoms with Gasteiger partial charge in [-0.15, -0.1) is 0 Å². The summed E-state index contributed by atoms with van der Waals surface area (Å²) in [6.45, 7) is 0. The second-order valence-electron chi connectivity index (χ2n) is 5.68. The molecular formula is C19H13N7O2. The molecule has 0 aliphatic rings. The maximum atomic E-state index is 12.4. The number of fused-ring (bicyclic) bond motifs is 1. The molecule has 28 heavy (non-hydrogen) atoms. The largest absolute Gasteiger partial charge is 0.292 e. The lowest BCUT2D eigenvalue weighted by Gasteiger charge is -2.05. The third kappa shape index (κ3) is 3.49. The molecule has 1 aromatic carbocycles. The van der Waals surface area contributed by atoms with E-state index in [1.807, 2.05) is 30.3 Å². The lowest BCUT2D eigenvalue weighted by molar-refractivity contribution is 0.0951. The van der Waals surface area contributed by atoms with Crippen molar-refractivity contribution in [1.29, 1.82) is 0 Å². The lowest BCUT2D eigenvalue weighted by Crippen LogP contribution is -2.23. The van der Waals surface area contributed by atoms with Crippen molar-refractivity contribution in [2.24, 2.45) is 5.10 Å². The van der Waals surface area contributed by atoms with Crippen molar-refractivity contribution >= 4 is 23.0 Å². The summed E-state index contributed by atoms with van der Waals surface area (Å²) < 4.78 is 0. The number of H-pyrrole nitrogens is 1. The van der Waals surface area contributed by atoms with Crippen molar-refractivity contribution in [1.82, 2.24) is 30.6 Å². The molecule has 0 bridgehead atoms. The second kappa shape index (κ2) is 7.54. The molecule has 0 aliphatic heterocycles. The molecule has 4 aromatic rings. The van der Waals surface area contributed by atoms with E-state index in [1.54, 1.807) is 24.4 Å². The number of aromatic nitrogens is 5. The van der Waals surface area contributed by atoms with Gasteiger partial charge in [0.25, 0.3) is 11.5 Å². The van der Waals surface area contributed by atoms with Gasteiger partial charge in [0.15, 0.2) is 11.5 Å². The van der Waals surface area contributed by atoms with Gasteiger partial charge in [0.2, 0.25) is 0 Å². The molecule has 0 saturated heterocycles. The second-order valence-corrected chi connectivity index (χ2v) is 5.68. The van der Waals surface area contributed by atoms with E-state index in [1.165, 1.54) is 12.4 Å². The monoisotopic (exact) mass is 371 g/mol. The minimum atomic E-state index is -0.607. The Balaban J connectivity index is 1.66. The van der Waals surface area contributed by atoms with Crippen LogP contribution in [0.5, 0.6) is 0 Å². The zero-order chi connectivity index (χ0) is 19.3. The van der Waals surface area contributed by atoms with Crippen LogP contribution in [0.15, 0.2) is 70.8 Å². The molecule has 0 fully saturated rings. The maximum Gasteiger partial charge on any atom is 0.292 e. The van der Waals surface area contributed by atoms with E-state index in [2.05, 4.69) is 35.7 Å². The van der Waals surface area contributed by atoms with Crippen LogP contribution in [0, 0.1) is 0 Å². The molecular weight excluding hydrogens is 358 g/mol. The minimum Gasteiger partial charge on any atom is -0.266 e. The summed E-state index contributed by atoms with van der Waals surface area (Å²) in [5, 5.41) is 10.2. The van der Waals surface area contributed by atoms with Crippen molar-refractivity contribution < 1.29 is 4.79 Å². The summed E-state index contributed by atoms with van der Waals surface area (Å²) in [7, 11) is 0. The van der Waals surface area contributed by atoms with E-state index in [0.29, 0.717) is 11.5 Å². The topological polar surface area (TPSA) is 126 Å². The molecule has 0 spiro atoms. The molecule has 3 heterocycles. The van der Waals surface area contributed by atoms with Crippen molar-refractivity contribution in [2.75, 3.05) is 0 Å². The predicted octanol–water partition coefficient (Wildman–Crippen LogP) is 1.54. The molecule has 0 radical (unpaired) electrons. The Hall–Kier alpha value is -4.27. The highest BCUT2D eigenvalue weighted by Crippen LogP contribution is 2.17. The molecule has 136 valence electrons. The molecule has 0 aliphatic carbocycles. The Morgan fingerprint density at radius 2 is 1.89 bits per heavy atom. The first kappa shape index (κ1) is 17.2. The van der Waals surface area contributed by atoms with Gasteiger partial charge in [0.1, 0.15) is 5.52 Å². The van der Waals surface area contributed by atoms with Gasteiger partial charge in [0, 0.05) is 18.0 Å². The van der Waals surface area contributed by atoms with Crippen molar-refractivity contribution in [3.8, 4) is 11.4 Å². The number of hydrogen-bond acceptors (Lipinski definition) is 7. The predicted molar refractivity (Wildman–Crippen MR) is 103 cm³/mol. The molecule has 3 aromatic heterocycles. The number of nitrogens with one attached hydrogen (secondary N) is 2. The fourth-order valence-corrected chi connectivity index (χ4v) is 2.51. The van der Waals surface area contributed by atoms with Gasteiger partial charge >= 0.3 is 0 Å². The van der Waals surface area contributed by atoms with Crippen LogP contribution in [0.25, 0.3) is 22.3 Å². The average molecular weight is 371 g/mol. The van der Waals surface area contributed by atoms with Crippen LogP contribution in [0.1, 0.15) is 16.2 Å². The first-order chi connectivity index (χ1) is 13.7. The Morgan fingerprint density at radius 1 is 1.07 bits per heavy atom. The number of aromatic amines is 1. The van der Waals surface area contributed by atoms with Gasteiger partial charge in [-0.3, -0.25) is 14.6 Å². The van der Waals surface area contributed by atoms with Crippen molar-refractivity contribution in [3.63, 3.8) is 0 Å². The van der Waals surface area contributed by atoms with Crippen LogP contribution in [0.4, 0.5) is 0 Å². The number of benzene rings is 1. The van der Waals surface area contributed by atoms with Crippen LogP contribution >= 0.6 is 0 Å². The van der Waals surface area contributed by atoms with E-state index >= 15 is 0 Å². The summed E-state index contributed by atoms with van der Waals surface area (Å²) in [5.74, 6) is -0.228. The van der Waals surface area contributed by atoms with Crippen LogP contribution in [-0.2, 0) is 0 Å². The molecule has 9 nitrogen and oxygen atoms in total. The number of rotatable bonds is 4. The smallest absolute Gasteiger partial charge is 0.266 e. The number of carbonyl (C=O) groups excluding carboxylic acids is 1. The van der Waals surface area contributed by atoms with Gasteiger partial charge < -0.3 is 0 Å². The summed E-state index contributed by atoms with van der Waals surface area (Å²) in [6, 6.07) is 14.5. The van der Waals surface area contributed by atoms with E-state index < -0.39 is 11.5 Å². The fraction of sp³-hybridized carbons (Fsp3) is 0. The lowest BCUT2D eigenvalue weighted by atomic mass is 10.2. The first-order valence-corrected chi connectivity index (χ1v) is 8.27. The molecule has 0 unspecified atom stereocenters. The van der Waals surface area contributed by atoms with E-state index in [-0.39, 0.29) is 16.6 Å². The number of hydrogen-bond donors (Lipinski definition) is 2. The third-order valence-electron chi connectivity index (χ3n) is 3.83. The number of amides is 1. The summed E-state index contributed by atoms with van der Waals surface area (Å²) >= 11 is 0. The number of pyridine rings is 1. The molecule has 1 amide bonds. The Bertz CT molecular complexity index is 1220. The van der Waals surface area contributed by atoms with Crippen LogP contribution in [0.2, 0.25) is 0 Å². The maximum absolute atomic E-state index is 12.4. The standard InChI is InChI=1S/C19H13N7O2/c27-18-15-14(11-21-17(23-15)12-6-2-1-3-7-12)16(24-26-18)19(28)25-22-10-13-8-4-5-9-20-13/h1-11H,(H,25,28)(H,26,27)/b22-10+. The quantitative estimate of drug-likeness (QED) is 0.414. The van der Waals surface area contributed by atoms with Crippen molar-refractivity contribution in [2.45, 2.75) is 0 Å².